The smallest absolute Gasteiger partial charge is 0.0104 e. The lowest BCUT2D eigenvalue weighted by Gasteiger charge is -2.25. The molecule has 0 N–H and O–H groups in total. The highest BCUT2D eigenvalue weighted by atomic mass is 14.2. The third-order valence-corrected chi connectivity index (χ3v) is 3.91. The van der Waals surface area contributed by atoms with Gasteiger partial charge >= 0.3 is 0 Å². The second-order valence-corrected chi connectivity index (χ2v) is 6.04. The molecule has 0 fully saturated rings. The SMILES string of the molecule is CCCCCCCCCC(C)(C)c1cc[c]cc1. The molecule has 0 aromatic heterocycles. The third-order valence-electron chi connectivity index (χ3n) is 3.91. The van der Waals surface area contributed by atoms with Gasteiger partial charge in [-0.2, -0.15) is 0 Å². The molecule has 0 heteroatoms. The highest BCUT2D eigenvalue weighted by Crippen LogP contribution is 2.29. The van der Waals surface area contributed by atoms with Crippen molar-refractivity contribution in [2.24, 2.45) is 0 Å². The fraction of sp³-hybridized carbons (Fsp3) is 0.667. The van der Waals surface area contributed by atoms with E-state index in [9.17, 15) is 0 Å². The Balaban J connectivity index is 2.18. The summed E-state index contributed by atoms with van der Waals surface area (Å²) in [5.41, 5.74) is 1.77. The topological polar surface area (TPSA) is 0 Å². The molecule has 0 aliphatic rings. The molecule has 0 aliphatic carbocycles. The molecular weight excluding hydrogens is 216 g/mol. The molecule has 0 atom stereocenters. The van der Waals surface area contributed by atoms with Crippen molar-refractivity contribution in [2.75, 3.05) is 0 Å². The van der Waals surface area contributed by atoms with Crippen LogP contribution in [0.3, 0.4) is 0 Å². The number of hydrogen-bond donors (Lipinski definition) is 0. The maximum absolute atomic E-state index is 3.10. The van der Waals surface area contributed by atoms with Crippen molar-refractivity contribution in [3.63, 3.8) is 0 Å². The Morgan fingerprint density at radius 3 is 2.06 bits per heavy atom. The van der Waals surface area contributed by atoms with Crippen LogP contribution >= 0.6 is 0 Å². The van der Waals surface area contributed by atoms with Crippen LogP contribution in [-0.2, 0) is 5.41 Å². The van der Waals surface area contributed by atoms with Gasteiger partial charge < -0.3 is 0 Å². The summed E-state index contributed by atoms with van der Waals surface area (Å²) in [6, 6.07) is 11.6. The van der Waals surface area contributed by atoms with Gasteiger partial charge in [-0.05, 0) is 23.5 Å². The van der Waals surface area contributed by atoms with Gasteiger partial charge in [-0.25, -0.2) is 0 Å². The van der Waals surface area contributed by atoms with Crippen molar-refractivity contribution in [3.05, 3.63) is 35.9 Å². The van der Waals surface area contributed by atoms with Gasteiger partial charge in [-0.3, -0.25) is 0 Å². The fourth-order valence-electron chi connectivity index (χ4n) is 2.51. The summed E-state index contributed by atoms with van der Waals surface area (Å²) in [6.45, 7) is 7.00. The molecule has 0 bridgehead atoms. The van der Waals surface area contributed by atoms with Crippen molar-refractivity contribution in [1.29, 1.82) is 0 Å². The zero-order valence-electron chi connectivity index (χ0n) is 12.5. The standard InChI is InChI=1S/C18H29/c1-4-5-6-7-8-9-13-16-18(2,3)17-14-11-10-12-15-17/h11-12,14-15H,4-9,13,16H2,1-3H3. The van der Waals surface area contributed by atoms with E-state index in [0.717, 1.165) is 0 Å². The van der Waals surface area contributed by atoms with E-state index in [1.54, 1.807) is 0 Å². The maximum Gasteiger partial charge on any atom is -0.0104 e. The molecule has 1 aromatic carbocycles. The first-order chi connectivity index (χ1) is 8.67. The Bertz CT molecular complexity index is 297. The zero-order chi connectivity index (χ0) is 13.3. The third kappa shape index (κ3) is 5.71. The van der Waals surface area contributed by atoms with E-state index in [2.05, 4.69) is 39.0 Å². The van der Waals surface area contributed by atoms with E-state index in [1.807, 2.05) is 12.1 Å². The van der Waals surface area contributed by atoms with Crippen LogP contribution in [0.1, 0.15) is 77.7 Å². The monoisotopic (exact) mass is 245 g/mol. The lowest BCUT2D eigenvalue weighted by molar-refractivity contribution is 0.442. The second kappa shape index (κ2) is 8.34. The van der Waals surface area contributed by atoms with Crippen LogP contribution in [-0.4, -0.2) is 0 Å². The second-order valence-electron chi connectivity index (χ2n) is 6.04. The van der Waals surface area contributed by atoms with Crippen molar-refractivity contribution < 1.29 is 0 Å². The molecular formula is C18H29. The molecule has 0 aliphatic heterocycles. The van der Waals surface area contributed by atoms with Gasteiger partial charge in [-0.15, -0.1) is 0 Å². The van der Waals surface area contributed by atoms with E-state index < -0.39 is 0 Å². The van der Waals surface area contributed by atoms with Crippen LogP contribution in [0.5, 0.6) is 0 Å². The average Bonchev–Trinajstić information content (AvgIpc) is 2.39. The van der Waals surface area contributed by atoms with Crippen LogP contribution in [0, 0.1) is 6.07 Å². The van der Waals surface area contributed by atoms with E-state index in [0.29, 0.717) is 5.41 Å². The Morgan fingerprint density at radius 1 is 0.889 bits per heavy atom. The molecule has 101 valence electrons. The van der Waals surface area contributed by atoms with E-state index >= 15 is 0 Å². The Hall–Kier alpha value is -0.780. The molecule has 0 nitrogen and oxygen atoms in total. The lowest BCUT2D eigenvalue weighted by Crippen LogP contribution is -2.16. The Labute approximate surface area is 114 Å². The Morgan fingerprint density at radius 2 is 1.44 bits per heavy atom. The summed E-state index contributed by atoms with van der Waals surface area (Å²) in [5, 5.41) is 0. The predicted octanol–water partition coefficient (Wildman–Crippen LogP) is 5.91. The van der Waals surface area contributed by atoms with E-state index in [4.69, 9.17) is 0 Å². The molecule has 0 heterocycles. The fourth-order valence-corrected chi connectivity index (χ4v) is 2.51. The summed E-state index contributed by atoms with van der Waals surface area (Å²) >= 11 is 0. The van der Waals surface area contributed by atoms with Gasteiger partial charge in [-0.1, -0.05) is 90.0 Å². The quantitative estimate of drug-likeness (QED) is 0.475. The highest BCUT2D eigenvalue weighted by Gasteiger charge is 2.19. The summed E-state index contributed by atoms with van der Waals surface area (Å²) in [5.74, 6) is 0. The summed E-state index contributed by atoms with van der Waals surface area (Å²) in [4.78, 5) is 0. The average molecular weight is 245 g/mol. The number of benzene rings is 1. The lowest BCUT2D eigenvalue weighted by atomic mass is 9.80. The number of unbranched alkanes of at least 4 members (excludes halogenated alkanes) is 6. The van der Waals surface area contributed by atoms with Crippen LogP contribution in [0.4, 0.5) is 0 Å². The summed E-state index contributed by atoms with van der Waals surface area (Å²) < 4.78 is 0. The van der Waals surface area contributed by atoms with Gasteiger partial charge in [0.15, 0.2) is 0 Å². The zero-order valence-corrected chi connectivity index (χ0v) is 12.5. The maximum atomic E-state index is 3.10. The predicted molar refractivity (Wildman–Crippen MR) is 80.9 cm³/mol. The van der Waals surface area contributed by atoms with Gasteiger partial charge in [0, 0.05) is 0 Å². The molecule has 1 aromatic rings. The van der Waals surface area contributed by atoms with Crippen LogP contribution in [0.2, 0.25) is 0 Å². The normalized spacial score (nSPS) is 11.7. The molecule has 0 saturated heterocycles. The minimum atomic E-state index is 0.318. The van der Waals surface area contributed by atoms with Crippen LogP contribution < -0.4 is 0 Å². The molecule has 0 spiro atoms. The van der Waals surface area contributed by atoms with Crippen LogP contribution in [0.15, 0.2) is 24.3 Å². The molecule has 0 amide bonds. The first-order valence-electron chi connectivity index (χ1n) is 7.63. The minimum absolute atomic E-state index is 0.318. The van der Waals surface area contributed by atoms with Gasteiger partial charge in [0.25, 0.3) is 0 Å². The van der Waals surface area contributed by atoms with E-state index in [-0.39, 0.29) is 0 Å². The van der Waals surface area contributed by atoms with Crippen molar-refractivity contribution >= 4 is 0 Å². The highest BCUT2D eigenvalue weighted by molar-refractivity contribution is 5.22. The number of rotatable bonds is 9. The number of hydrogen-bond acceptors (Lipinski definition) is 0. The van der Waals surface area contributed by atoms with Gasteiger partial charge in [0.2, 0.25) is 0 Å². The van der Waals surface area contributed by atoms with Crippen molar-refractivity contribution in [1.82, 2.24) is 0 Å². The van der Waals surface area contributed by atoms with Gasteiger partial charge in [0.05, 0.1) is 0 Å². The molecule has 18 heavy (non-hydrogen) atoms. The molecule has 0 saturated carbocycles. The summed E-state index contributed by atoms with van der Waals surface area (Å²) in [7, 11) is 0. The van der Waals surface area contributed by atoms with Crippen LogP contribution in [0.25, 0.3) is 0 Å². The molecule has 1 radical (unpaired) electrons. The first kappa shape index (κ1) is 15.3. The first-order valence-corrected chi connectivity index (χ1v) is 7.63. The van der Waals surface area contributed by atoms with Crippen molar-refractivity contribution in [3.8, 4) is 0 Å². The minimum Gasteiger partial charge on any atom is -0.0654 e. The largest absolute Gasteiger partial charge is 0.0654 e. The van der Waals surface area contributed by atoms with Gasteiger partial charge in [0.1, 0.15) is 0 Å². The van der Waals surface area contributed by atoms with Crippen molar-refractivity contribution in [2.45, 2.75) is 77.6 Å². The molecule has 1 rings (SSSR count). The summed E-state index contributed by atoms with van der Waals surface area (Å²) in [6.07, 6.45) is 11.1. The Kier molecular flexibility index (Phi) is 7.08. The molecule has 0 unspecified atom stereocenters. The van der Waals surface area contributed by atoms with E-state index in [1.165, 1.54) is 56.9 Å².